The minimum atomic E-state index is -2.84. The third-order valence-electron chi connectivity index (χ3n) is 1.84. The Bertz CT molecular complexity index is 313. The molecule has 0 aromatic heterocycles. The fourth-order valence-corrected chi connectivity index (χ4v) is 1.30. The summed E-state index contributed by atoms with van der Waals surface area (Å²) in [5, 5.41) is 0.219. The molecule has 1 rings (SSSR count). The first-order valence-electron chi connectivity index (χ1n) is 4.25. The van der Waals surface area contributed by atoms with E-state index in [4.69, 9.17) is 11.6 Å². The molecular weight excluding hydrogens is 210 g/mol. The SMILES string of the molecule is CC(C)c1ccc(OC(F)F)c(Cl)c1. The molecule has 0 spiro atoms. The van der Waals surface area contributed by atoms with Crippen molar-refractivity contribution < 1.29 is 13.5 Å². The number of halogens is 3. The standard InChI is InChI=1S/C10H11ClF2O/c1-6(2)7-3-4-9(8(11)5-7)14-10(12)13/h3-6,10H,1-2H3. The van der Waals surface area contributed by atoms with Gasteiger partial charge >= 0.3 is 6.61 Å². The molecule has 78 valence electrons. The van der Waals surface area contributed by atoms with Gasteiger partial charge in [0.25, 0.3) is 0 Å². The van der Waals surface area contributed by atoms with E-state index in [-0.39, 0.29) is 10.8 Å². The van der Waals surface area contributed by atoms with E-state index in [0.29, 0.717) is 5.92 Å². The lowest BCUT2D eigenvalue weighted by Gasteiger charge is -2.10. The average molecular weight is 221 g/mol. The molecule has 0 aliphatic carbocycles. The summed E-state index contributed by atoms with van der Waals surface area (Å²) in [4.78, 5) is 0. The summed E-state index contributed by atoms with van der Waals surface area (Å²) in [7, 11) is 0. The van der Waals surface area contributed by atoms with Crippen molar-refractivity contribution in [3.05, 3.63) is 28.8 Å². The topological polar surface area (TPSA) is 9.23 Å². The second kappa shape index (κ2) is 4.60. The zero-order valence-electron chi connectivity index (χ0n) is 7.93. The smallest absolute Gasteiger partial charge is 0.387 e. The summed E-state index contributed by atoms with van der Waals surface area (Å²) >= 11 is 5.76. The Morgan fingerprint density at radius 2 is 1.93 bits per heavy atom. The summed E-state index contributed by atoms with van der Waals surface area (Å²) < 4.78 is 28.0. The Balaban J connectivity index is 2.90. The van der Waals surface area contributed by atoms with Crippen LogP contribution in [0.25, 0.3) is 0 Å². The highest BCUT2D eigenvalue weighted by atomic mass is 35.5. The van der Waals surface area contributed by atoms with Crippen LogP contribution in [0.1, 0.15) is 25.3 Å². The van der Waals surface area contributed by atoms with Crippen LogP contribution in [0.4, 0.5) is 8.78 Å². The molecule has 0 N–H and O–H groups in total. The maximum atomic E-state index is 11.9. The van der Waals surface area contributed by atoms with E-state index in [1.54, 1.807) is 12.1 Å². The van der Waals surface area contributed by atoms with Crippen molar-refractivity contribution in [3.8, 4) is 5.75 Å². The Morgan fingerprint density at radius 3 is 2.36 bits per heavy atom. The molecule has 1 nitrogen and oxygen atoms in total. The largest absolute Gasteiger partial charge is 0.433 e. The fraction of sp³-hybridized carbons (Fsp3) is 0.400. The molecule has 0 aliphatic rings. The van der Waals surface area contributed by atoms with Crippen LogP contribution in [0, 0.1) is 0 Å². The zero-order chi connectivity index (χ0) is 10.7. The van der Waals surface area contributed by atoms with Crippen molar-refractivity contribution in [1.82, 2.24) is 0 Å². The molecule has 0 saturated heterocycles. The van der Waals surface area contributed by atoms with Gasteiger partial charge in [0.1, 0.15) is 5.75 Å². The van der Waals surface area contributed by atoms with E-state index < -0.39 is 6.61 Å². The summed E-state index contributed by atoms with van der Waals surface area (Å²) in [5.74, 6) is 0.333. The van der Waals surface area contributed by atoms with Gasteiger partial charge in [-0.15, -0.1) is 0 Å². The van der Waals surface area contributed by atoms with Crippen LogP contribution in [-0.2, 0) is 0 Å². The molecule has 0 heterocycles. The zero-order valence-corrected chi connectivity index (χ0v) is 8.68. The minimum Gasteiger partial charge on any atom is -0.433 e. The first-order chi connectivity index (χ1) is 6.50. The van der Waals surface area contributed by atoms with Crippen molar-refractivity contribution in [2.24, 2.45) is 0 Å². The van der Waals surface area contributed by atoms with Crippen LogP contribution in [0.2, 0.25) is 5.02 Å². The van der Waals surface area contributed by atoms with Crippen LogP contribution < -0.4 is 4.74 Å². The Hall–Kier alpha value is -0.830. The van der Waals surface area contributed by atoms with E-state index in [0.717, 1.165) is 5.56 Å². The molecule has 1 aromatic rings. The Morgan fingerprint density at radius 1 is 1.29 bits per heavy atom. The normalized spacial score (nSPS) is 11.1. The molecule has 14 heavy (non-hydrogen) atoms. The highest BCUT2D eigenvalue weighted by Crippen LogP contribution is 2.29. The van der Waals surface area contributed by atoms with Gasteiger partial charge in [0.05, 0.1) is 5.02 Å². The summed E-state index contributed by atoms with van der Waals surface area (Å²) in [6, 6.07) is 4.84. The van der Waals surface area contributed by atoms with Crippen LogP contribution >= 0.6 is 11.6 Å². The molecule has 0 atom stereocenters. The molecule has 0 fully saturated rings. The summed E-state index contributed by atoms with van der Waals surface area (Å²) in [6.45, 7) is 1.16. The van der Waals surface area contributed by atoms with E-state index >= 15 is 0 Å². The number of ether oxygens (including phenoxy) is 1. The molecule has 0 unspecified atom stereocenters. The molecule has 0 amide bonds. The lowest BCUT2D eigenvalue weighted by Crippen LogP contribution is -2.02. The molecule has 4 heteroatoms. The lowest BCUT2D eigenvalue weighted by molar-refractivity contribution is -0.0497. The van der Waals surface area contributed by atoms with Gasteiger partial charge in [0.15, 0.2) is 0 Å². The van der Waals surface area contributed by atoms with Gasteiger partial charge in [-0.3, -0.25) is 0 Å². The summed E-state index contributed by atoms with van der Waals surface area (Å²) in [5.41, 5.74) is 0.997. The maximum absolute atomic E-state index is 11.9. The maximum Gasteiger partial charge on any atom is 0.387 e. The van der Waals surface area contributed by atoms with Crippen molar-refractivity contribution in [2.45, 2.75) is 26.4 Å². The van der Waals surface area contributed by atoms with Crippen molar-refractivity contribution in [1.29, 1.82) is 0 Å². The quantitative estimate of drug-likeness (QED) is 0.746. The van der Waals surface area contributed by atoms with E-state index in [1.165, 1.54) is 6.07 Å². The lowest BCUT2D eigenvalue weighted by atomic mass is 10.0. The Labute approximate surface area is 86.6 Å². The van der Waals surface area contributed by atoms with Gasteiger partial charge < -0.3 is 4.74 Å². The van der Waals surface area contributed by atoms with Crippen molar-refractivity contribution in [2.75, 3.05) is 0 Å². The first kappa shape index (κ1) is 11.2. The van der Waals surface area contributed by atoms with Crippen LogP contribution in [0.3, 0.4) is 0 Å². The monoisotopic (exact) mass is 220 g/mol. The third kappa shape index (κ3) is 2.84. The van der Waals surface area contributed by atoms with Crippen LogP contribution in [0.5, 0.6) is 5.75 Å². The van der Waals surface area contributed by atoms with Gasteiger partial charge in [-0.25, -0.2) is 0 Å². The number of rotatable bonds is 3. The Kier molecular flexibility index (Phi) is 3.69. The molecule has 0 radical (unpaired) electrons. The minimum absolute atomic E-state index is 0.0195. The number of benzene rings is 1. The predicted molar refractivity (Wildman–Crippen MR) is 52.2 cm³/mol. The number of hydrogen-bond donors (Lipinski definition) is 0. The van der Waals surface area contributed by atoms with Gasteiger partial charge in [-0.2, -0.15) is 8.78 Å². The number of alkyl halides is 2. The van der Waals surface area contributed by atoms with Crippen molar-refractivity contribution in [3.63, 3.8) is 0 Å². The predicted octanol–water partition coefficient (Wildman–Crippen LogP) is 4.06. The highest BCUT2D eigenvalue weighted by molar-refractivity contribution is 6.32. The van der Waals surface area contributed by atoms with E-state index in [9.17, 15) is 8.78 Å². The van der Waals surface area contributed by atoms with Gasteiger partial charge in [-0.1, -0.05) is 31.5 Å². The molecule has 1 aromatic carbocycles. The highest BCUT2D eigenvalue weighted by Gasteiger charge is 2.09. The van der Waals surface area contributed by atoms with Gasteiger partial charge in [-0.05, 0) is 23.6 Å². The average Bonchev–Trinajstić information content (AvgIpc) is 2.07. The first-order valence-corrected chi connectivity index (χ1v) is 4.62. The second-order valence-electron chi connectivity index (χ2n) is 3.22. The molecule has 0 saturated carbocycles. The fourth-order valence-electron chi connectivity index (χ4n) is 1.07. The van der Waals surface area contributed by atoms with Crippen molar-refractivity contribution >= 4 is 11.6 Å². The molecule has 0 aliphatic heterocycles. The van der Waals surface area contributed by atoms with Crippen LogP contribution in [0.15, 0.2) is 18.2 Å². The van der Waals surface area contributed by atoms with E-state index in [1.807, 2.05) is 13.8 Å². The number of hydrogen-bond acceptors (Lipinski definition) is 1. The van der Waals surface area contributed by atoms with E-state index in [2.05, 4.69) is 4.74 Å². The molecule has 0 bridgehead atoms. The third-order valence-corrected chi connectivity index (χ3v) is 2.13. The van der Waals surface area contributed by atoms with Gasteiger partial charge in [0, 0.05) is 0 Å². The summed E-state index contributed by atoms with van der Waals surface area (Å²) in [6.07, 6.45) is 0. The van der Waals surface area contributed by atoms with Gasteiger partial charge in [0.2, 0.25) is 0 Å². The second-order valence-corrected chi connectivity index (χ2v) is 3.63. The molecular formula is C10H11ClF2O. The van der Waals surface area contributed by atoms with Crippen LogP contribution in [-0.4, -0.2) is 6.61 Å².